The van der Waals surface area contributed by atoms with E-state index >= 15 is 0 Å². The third-order valence-electron chi connectivity index (χ3n) is 4.65. The van der Waals surface area contributed by atoms with Crippen LogP contribution in [0.4, 0.5) is 10.1 Å². The molecule has 2 atom stereocenters. The maximum absolute atomic E-state index is 13.4. The second kappa shape index (κ2) is 6.20. The van der Waals surface area contributed by atoms with Crippen molar-refractivity contribution >= 4 is 17.5 Å². The summed E-state index contributed by atoms with van der Waals surface area (Å²) in [6.07, 6.45) is 0.716. The second-order valence-corrected chi connectivity index (χ2v) is 6.27. The van der Waals surface area contributed by atoms with Gasteiger partial charge in [-0.3, -0.25) is 9.59 Å². The highest BCUT2D eigenvalue weighted by molar-refractivity contribution is 6.01. The number of rotatable bonds is 2. The minimum absolute atomic E-state index is 0.0509. The molecule has 0 spiro atoms. The van der Waals surface area contributed by atoms with Crippen molar-refractivity contribution in [3.05, 3.63) is 59.4 Å². The molecule has 2 heterocycles. The van der Waals surface area contributed by atoms with Gasteiger partial charge >= 0.3 is 0 Å². The zero-order chi connectivity index (χ0) is 17.4. The smallest absolute Gasteiger partial charge is 0.228 e. The monoisotopic (exact) mass is 340 g/mol. The summed E-state index contributed by atoms with van der Waals surface area (Å²) in [5.74, 6) is -0.823. The molecule has 0 aliphatic carbocycles. The first kappa shape index (κ1) is 15.6. The summed E-state index contributed by atoms with van der Waals surface area (Å²) >= 11 is 0. The van der Waals surface area contributed by atoms with Crippen LogP contribution in [0.15, 0.2) is 42.5 Å². The lowest BCUT2D eigenvalue weighted by Crippen LogP contribution is -2.38. The van der Waals surface area contributed by atoms with Gasteiger partial charge in [0.05, 0.1) is 18.6 Å². The highest BCUT2D eigenvalue weighted by atomic mass is 19.1. The molecule has 0 saturated heterocycles. The first-order valence-corrected chi connectivity index (χ1v) is 8.23. The van der Waals surface area contributed by atoms with Gasteiger partial charge < -0.3 is 15.4 Å². The van der Waals surface area contributed by atoms with Crippen LogP contribution in [-0.4, -0.2) is 18.4 Å². The topological polar surface area (TPSA) is 67.4 Å². The van der Waals surface area contributed by atoms with E-state index < -0.39 is 11.7 Å². The van der Waals surface area contributed by atoms with E-state index in [0.717, 1.165) is 11.3 Å². The molecule has 2 aliphatic rings. The van der Waals surface area contributed by atoms with Crippen molar-refractivity contribution in [2.45, 2.75) is 24.8 Å². The standard InChI is InChI=1S/C19H17FN2O3/c20-11-5-6-12-14(10-18(23)21-16(12)9-11)19(24)22-15-7-8-25-17-4-2-1-3-13(15)17/h1-6,9,14-15H,7-8,10H2,(H,21,23)(H,22,24)/t14-,15+/m1/s1. The van der Waals surface area contributed by atoms with Crippen LogP contribution in [-0.2, 0) is 9.59 Å². The molecule has 128 valence electrons. The first-order chi connectivity index (χ1) is 12.1. The molecule has 2 aromatic rings. The van der Waals surface area contributed by atoms with Crippen LogP contribution in [0.2, 0.25) is 0 Å². The first-order valence-electron chi connectivity index (χ1n) is 8.23. The summed E-state index contributed by atoms with van der Waals surface area (Å²) in [7, 11) is 0. The number of ether oxygens (including phenoxy) is 1. The zero-order valence-electron chi connectivity index (χ0n) is 13.4. The third kappa shape index (κ3) is 2.95. The number of hydrogen-bond acceptors (Lipinski definition) is 3. The Bertz CT molecular complexity index is 852. The van der Waals surface area contributed by atoms with E-state index in [9.17, 15) is 14.0 Å². The van der Waals surface area contributed by atoms with Crippen LogP contribution in [0, 0.1) is 5.82 Å². The van der Waals surface area contributed by atoms with E-state index in [-0.39, 0.29) is 24.3 Å². The Labute approximate surface area is 144 Å². The Balaban J connectivity index is 1.60. The molecule has 5 nitrogen and oxygen atoms in total. The molecule has 2 aromatic carbocycles. The molecule has 0 aromatic heterocycles. The summed E-state index contributed by atoms with van der Waals surface area (Å²) in [6, 6.07) is 11.5. The summed E-state index contributed by atoms with van der Waals surface area (Å²) in [6.45, 7) is 0.523. The number of amides is 2. The van der Waals surface area contributed by atoms with Crippen molar-refractivity contribution in [3.8, 4) is 5.75 Å². The van der Waals surface area contributed by atoms with Gasteiger partial charge in [0.1, 0.15) is 11.6 Å². The molecule has 0 unspecified atom stereocenters. The van der Waals surface area contributed by atoms with Gasteiger partial charge in [-0.2, -0.15) is 0 Å². The Morgan fingerprint density at radius 2 is 2.04 bits per heavy atom. The molecule has 0 saturated carbocycles. The number of nitrogens with one attached hydrogen (secondary N) is 2. The van der Waals surface area contributed by atoms with Crippen LogP contribution in [0.1, 0.15) is 35.9 Å². The van der Waals surface area contributed by atoms with E-state index in [1.54, 1.807) is 6.07 Å². The molecule has 0 bridgehead atoms. The van der Waals surface area contributed by atoms with Gasteiger partial charge in [-0.1, -0.05) is 24.3 Å². The van der Waals surface area contributed by atoms with Crippen LogP contribution in [0.25, 0.3) is 0 Å². The SMILES string of the molecule is O=C1C[C@@H](C(=O)N[C@H]2CCOc3ccccc32)c2ccc(F)cc2N1. The van der Waals surface area contributed by atoms with E-state index in [0.29, 0.717) is 24.3 Å². The highest BCUT2D eigenvalue weighted by Crippen LogP contribution is 2.35. The number of anilines is 1. The Kier molecular flexibility index (Phi) is 3.87. The molecule has 25 heavy (non-hydrogen) atoms. The normalized spacial score (nSPS) is 21.4. The Hall–Kier alpha value is -2.89. The molecule has 0 radical (unpaired) electrons. The van der Waals surface area contributed by atoms with Gasteiger partial charge in [0.15, 0.2) is 0 Å². The number of hydrogen-bond donors (Lipinski definition) is 2. The van der Waals surface area contributed by atoms with Crippen molar-refractivity contribution in [1.29, 1.82) is 0 Å². The van der Waals surface area contributed by atoms with Gasteiger partial charge in [0.25, 0.3) is 0 Å². The Morgan fingerprint density at radius 1 is 1.20 bits per heavy atom. The quantitative estimate of drug-likeness (QED) is 0.883. The maximum Gasteiger partial charge on any atom is 0.228 e. The lowest BCUT2D eigenvalue weighted by Gasteiger charge is -2.30. The molecule has 2 aliphatic heterocycles. The predicted molar refractivity (Wildman–Crippen MR) is 89.8 cm³/mol. The van der Waals surface area contributed by atoms with Crippen LogP contribution in [0.3, 0.4) is 0 Å². The fourth-order valence-corrected chi connectivity index (χ4v) is 3.44. The summed E-state index contributed by atoms with van der Waals surface area (Å²) in [5.41, 5.74) is 1.93. The van der Waals surface area contributed by atoms with Crippen molar-refractivity contribution < 1.29 is 18.7 Å². The van der Waals surface area contributed by atoms with Gasteiger partial charge in [0.2, 0.25) is 11.8 Å². The van der Waals surface area contributed by atoms with Crippen molar-refractivity contribution in [1.82, 2.24) is 5.32 Å². The van der Waals surface area contributed by atoms with E-state index in [1.165, 1.54) is 12.1 Å². The molecule has 2 N–H and O–H groups in total. The van der Waals surface area contributed by atoms with Crippen LogP contribution >= 0.6 is 0 Å². The van der Waals surface area contributed by atoms with Gasteiger partial charge in [-0.15, -0.1) is 0 Å². The van der Waals surface area contributed by atoms with Crippen LogP contribution in [0.5, 0.6) is 5.75 Å². The van der Waals surface area contributed by atoms with Crippen molar-refractivity contribution in [2.75, 3.05) is 11.9 Å². The highest BCUT2D eigenvalue weighted by Gasteiger charge is 2.33. The molecule has 4 rings (SSSR count). The second-order valence-electron chi connectivity index (χ2n) is 6.27. The molecule has 2 amide bonds. The number of para-hydroxylation sites is 1. The van der Waals surface area contributed by atoms with Crippen molar-refractivity contribution in [3.63, 3.8) is 0 Å². The minimum Gasteiger partial charge on any atom is -0.493 e. The minimum atomic E-state index is -0.626. The zero-order valence-corrected chi connectivity index (χ0v) is 13.4. The summed E-state index contributed by atoms with van der Waals surface area (Å²) in [5, 5.41) is 5.65. The molecular formula is C19H17FN2O3. The number of carbonyl (C=O) groups excluding carboxylic acids is 2. The molecule has 6 heteroatoms. The predicted octanol–water partition coefficient (Wildman–Crippen LogP) is 2.89. The maximum atomic E-state index is 13.4. The fourth-order valence-electron chi connectivity index (χ4n) is 3.44. The number of fused-ring (bicyclic) bond motifs is 2. The van der Waals surface area contributed by atoms with E-state index in [4.69, 9.17) is 4.74 Å². The average molecular weight is 340 g/mol. The Morgan fingerprint density at radius 3 is 2.92 bits per heavy atom. The van der Waals surface area contributed by atoms with Crippen LogP contribution < -0.4 is 15.4 Å². The van der Waals surface area contributed by atoms with Crippen molar-refractivity contribution in [2.24, 2.45) is 0 Å². The van der Waals surface area contributed by atoms with Gasteiger partial charge in [-0.25, -0.2) is 4.39 Å². The lowest BCUT2D eigenvalue weighted by atomic mass is 9.89. The van der Waals surface area contributed by atoms with E-state index in [1.807, 2.05) is 24.3 Å². The fraction of sp³-hybridized carbons (Fsp3) is 0.263. The molecular weight excluding hydrogens is 323 g/mol. The summed E-state index contributed by atoms with van der Waals surface area (Å²) < 4.78 is 19.0. The number of halogens is 1. The van der Waals surface area contributed by atoms with E-state index in [2.05, 4.69) is 10.6 Å². The number of benzene rings is 2. The summed E-state index contributed by atoms with van der Waals surface area (Å²) in [4.78, 5) is 24.8. The number of carbonyl (C=O) groups is 2. The largest absolute Gasteiger partial charge is 0.493 e. The third-order valence-corrected chi connectivity index (χ3v) is 4.65. The van der Waals surface area contributed by atoms with Gasteiger partial charge in [0, 0.05) is 24.1 Å². The average Bonchev–Trinajstić information content (AvgIpc) is 2.61. The molecule has 0 fully saturated rings. The van der Waals surface area contributed by atoms with Gasteiger partial charge in [-0.05, 0) is 23.8 Å². The lowest BCUT2D eigenvalue weighted by molar-refractivity contribution is -0.127.